The van der Waals surface area contributed by atoms with Crippen molar-refractivity contribution < 1.29 is 9.59 Å². The van der Waals surface area contributed by atoms with Gasteiger partial charge in [-0.15, -0.1) is 12.4 Å². The number of nitrogens with one attached hydrogen (secondary N) is 1. The molecule has 0 radical (unpaired) electrons. The predicted molar refractivity (Wildman–Crippen MR) is 89.9 cm³/mol. The molecule has 0 aliphatic carbocycles. The van der Waals surface area contributed by atoms with Gasteiger partial charge in [-0.25, -0.2) is 0 Å². The Morgan fingerprint density at radius 3 is 2.68 bits per heavy atom. The molecule has 122 valence electrons. The van der Waals surface area contributed by atoms with Crippen LogP contribution in [-0.4, -0.2) is 35.8 Å². The van der Waals surface area contributed by atoms with Crippen LogP contribution in [0.25, 0.3) is 0 Å². The van der Waals surface area contributed by atoms with Gasteiger partial charge in [0.1, 0.15) is 0 Å². The maximum Gasteiger partial charge on any atom is 0.229 e. The topological polar surface area (TPSA) is 75.4 Å². The lowest BCUT2D eigenvalue weighted by Crippen LogP contribution is -2.45. The van der Waals surface area contributed by atoms with Gasteiger partial charge in [-0.1, -0.05) is 18.2 Å². The van der Waals surface area contributed by atoms with Crippen molar-refractivity contribution in [1.29, 1.82) is 0 Å². The molecule has 6 heteroatoms. The molecule has 2 unspecified atom stereocenters. The molecule has 5 nitrogen and oxygen atoms in total. The molecule has 1 aliphatic heterocycles. The van der Waals surface area contributed by atoms with Crippen molar-refractivity contribution in [3.8, 4) is 0 Å². The van der Waals surface area contributed by atoms with E-state index >= 15 is 0 Å². The highest BCUT2D eigenvalue weighted by molar-refractivity contribution is 5.93. The number of halogens is 1. The van der Waals surface area contributed by atoms with E-state index in [-0.39, 0.29) is 36.2 Å². The fourth-order valence-electron chi connectivity index (χ4n) is 2.59. The average molecular weight is 326 g/mol. The standard InChI is InChI=1S/C16H23N3O2.ClH/c1-12(17)10-15(20)19-9-5-6-13(11-19)16(21)18-14-7-3-2-4-8-14;/h2-4,7-8,12-13H,5-6,9-11,17H2,1H3,(H,18,21);1H. The highest BCUT2D eigenvalue weighted by Gasteiger charge is 2.28. The van der Waals surface area contributed by atoms with E-state index in [9.17, 15) is 9.59 Å². The number of anilines is 1. The van der Waals surface area contributed by atoms with E-state index < -0.39 is 0 Å². The molecule has 3 N–H and O–H groups in total. The number of nitrogens with two attached hydrogens (primary N) is 1. The van der Waals surface area contributed by atoms with Crippen LogP contribution >= 0.6 is 12.4 Å². The zero-order chi connectivity index (χ0) is 15.2. The normalized spacial score (nSPS) is 19.0. The van der Waals surface area contributed by atoms with Crippen LogP contribution in [0.1, 0.15) is 26.2 Å². The molecule has 0 bridgehead atoms. The Bertz CT molecular complexity index is 493. The number of rotatable bonds is 4. The fourth-order valence-corrected chi connectivity index (χ4v) is 2.59. The number of hydrogen-bond donors (Lipinski definition) is 2. The van der Waals surface area contributed by atoms with Crippen LogP contribution in [0.3, 0.4) is 0 Å². The molecule has 1 fully saturated rings. The lowest BCUT2D eigenvalue weighted by Gasteiger charge is -2.32. The molecule has 2 rings (SSSR count). The number of carbonyl (C=O) groups excluding carboxylic acids is 2. The van der Waals surface area contributed by atoms with Gasteiger partial charge in [-0.05, 0) is 31.9 Å². The first kappa shape index (κ1) is 18.5. The first-order valence-corrected chi connectivity index (χ1v) is 7.45. The van der Waals surface area contributed by atoms with Gasteiger partial charge in [0.25, 0.3) is 0 Å². The van der Waals surface area contributed by atoms with Gasteiger partial charge in [0.2, 0.25) is 11.8 Å². The van der Waals surface area contributed by atoms with Crippen molar-refractivity contribution in [3.05, 3.63) is 30.3 Å². The van der Waals surface area contributed by atoms with Crippen LogP contribution in [0.2, 0.25) is 0 Å². The van der Waals surface area contributed by atoms with Crippen molar-refractivity contribution in [2.24, 2.45) is 11.7 Å². The second-order valence-corrected chi connectivity index (χ2v) is 5.72. The number of carbonyl (C=O) groups is 2. The van der Waals surface area contributed by atoms with Crippen molar-refractivity contribution >= 4 is 29.9 Å². The van der Waals surface area contributed by atoms with Gasteiger partial charge in [0.05, 0.1) is 5.92 Å². The van der Waals surface area contributed by atoms with Gasteiger partial charge in [0.15, 0.2) is 0 Å². The van der Waals surface area contributed by atoms with Gasteiger partial charge in [-0.2, -0.15) is 0 Å². The minimum Gasteiger partial charge on any atom is -0.342 e. The van der Waals surface area contributed by atoms with Crippen LogP contribution in [0.4, 0.5) is 5.69 Å². The summed E-state index contributed by atoms with van der Waals surface area (Å²) in [6.45, 7) is 3.03. The van der Waals surface area contributed by atoms with Gasteiger partial charge in [-0.3, -0.25) is 9.59 Å². The quantitative estimate of drug-likeness (QED) is 0.889. The largest absolute Gasteiger partial charge is 0.342 e. The van der Waals surface area contributed by atoms with Crippen LogP contribution in [0.15, 0.2) is 30.3 Å². The van der Waals surface area contributed by atoms with Crippen molar-refractivity contribution in [2.45, 2.75) is 32.2 Å². The van der Waals surface area contributed by atoms with E-state index in [0.29, 0.717) is 13.0 Å². The molecule has 2 atom stereocenters. The molecule has 1 heterocycles. The third-order valence-electron chi connectivity index (χ3n) is 3.68. The summed E-state index contributed by atoms with van der Waals surface area (Å²) in [7, 11) is 0. The van der Waals surface area contributed by atoms with Gasteiger partial charge >= 0.3 is 0 Å². The number of para-hydroxylation sites is 1. The van der Waals surface area contributed by atoms with Gasteiger partial charge in [0, 0.05) is 31.2 Å². The van der Waals surface area contributed by atoms with Crippen LogP contribution in [0, 0.1) is 5.92 Å². The van der Waals surface area contributed by atoms with Crippen molar-refractivity contribution in [3.63, 3.8) is 0 Å². The summed E-state index contributed by atoms with van der Waals surface area (Å²) in [5, 5.41) is 2.91. The van der Waals surface area contributed by atoms with E-state index in [0.717, 1.165) is 25.1 Å². The highest BCUT2D eigenvalue weighted by Crippen LogP contribution is 2.19. The monoisotopic (exact) mass is 325 g/mol. The van der Waals surface area contributed by atoms with E-state index in [1.165, 1.54) is 0 Å². The molecule has 0 saturated carbocycles. The molecule has 1 saturated heterocycles. The minimum absolute atomic E-state index is 0. The molecule has 1 aliphatic rings. The number of amides is 2. The fraction of sp³-hybridized carbons (Fsp3) is 0.500. The van der Waals surface area contributed by atoms with E-state index in [1.807, 2.05) is 37.3 Å². The first-order chi connectivity index (χ1) is 10.1. The highest BCUT2D eigenvalue weighted by atomic mass is 35.5. The van der Waals surface area contributed by atoms with Crippen molar-refractivity contribution in [2.75, 3.05) is 18.4 Å². The molecule has 1 aromatic rings. The summed E-state index contributed by atoms with van der Waals surface area (Å²) in [4.78, 5) is 26.1. The maximum absolute atomic E-state index is 12.3. The lowest BCUT2D eigenvalue weighted by molar-refractivity contribution is -0.134. The molecule has 22 heavy (non-hydrogen) atoms. The van der Waals surface area contributed by atoms with Crippen LogP contribution < -0.4 is 11.1 Å². The zero-order valence-corrected chi connectivity index (χ0v) is 13.6. The van der Waals surface area contributed by atoms with Crippen LogP contribution in [0.5, 0.6) is 0 Å². The predicted octanol–water partition coefficient (Wildman–Crippen LogP) is 2.02. The van der Waals surface area contributed by atoms with E-state index in [2.05, 4.69) is 5.32 Å². The Labute approximate surface area is 137 Å². The number of nitrogens with zero attached hydrogens (tertiary/aromatic N) is 1. The molecule has 2 amide bonds. The summed E-state index contributed by atoms with van der Waals surface area (Å²) < 4.78 is 0. The molecular formula is C16H24ClN3O2. The lowest BCUT2D eigenvalue weighted by atomic mass is 9.96. The Hall–Kier alpha value is -1.59. The zero-order valence-electron chi connectivity index (χ0n) is 12.8. The Morgan fingerprint density at radius 2 is 2.05 bits per heavy atom. The molecule has 1 aromatic carbocycles. The summed E-state index contributed by atoms with van der Waals surface area (Å²) >= 11 is 0. The third kappa shape index (κ3) is 5.31. The molecular weight excluding hydrogens is 302 g/mol. The average Bonchev–Trinajstić information content (AvgIpc) is 2.47. The summed E-state index contributed by atoms with van der Waals surface area (Å²) in [5.41, 5.74) is 6.46. The first-order valence-electron chi connectivity index (χ1n) is 7.45. The number of likely N-dealkylation sites (tertiary alicyclic amines) is 1. The van der Waals surface area contributed by atoms with E-state index in [4.69, 9.17) is 5.73 Å². The Morgan fingerprint density at radius 1 is 1.36 bits per heavy atom. The third-order valence-corrected chi connectivity index (χ3v) is 3.68. The van der Waals surface area contributed by atoms with Gasteiger partial charge < -0.3 is 16.0 Å². The number of benzene rings is 1. The number of hydrogen-bond acceptors (Lipinski definition) is 3. The smallest absolute Gasteiger partial charge is 0.229 e. The van der Waals surface area contributed by atoms with Crippen LogP contribution in [-0.2, 0) is 9.59 Å². The number of piperidine rings is 1. The van der Waals surface area contributed by atoms with Crippen molar-refractivity contribution in [1.82, 2.24) is 4.90 Å². The SMILES string of the molecule is CC(N)CC(=O)N1CCCC(C(=O)Nc2ccccc2)C1.Cl. The minimum atomic E-state index is -0.143. The second kappa shape index (κ2) is 8.76. The summed E-state index contributed by atoms with van der Waals surface area (Å²) in [6.07, 6.45) is 2.02. The van der Waals surface area contributed by atoms with E-state index in [1.54, 1.807) is 4.90 Å². The maximum atomic E-state index is 12.3. The second-order valence-electron chi connectivity index (χ2n) is 5.72. The summed E-state index contributed by atoms with van der Waals surface area (Å²) in [6, 6.07) is 9.25. The molecule has 0 spiro atoms. The Balaban J connectivity index is 0.00000242. The molecule has 0 aromatic heterocycles. The Kier molecular flexibility index (Phi) is 7.35. The summed E-state index contributed by atoms with van der Waals surface area (Å²) in [5.74, 6) is -0.113.